The van der Waals surface area contributed by atoms with Crippen molar-refractivity contribution in [1.29, 1.82) is 0 Å². The average Bonchev–Trinajstić information content (AvgIpc) is 3.11. The Balaban J connectivity index is 1.59. The van der Waals surface area contributed by atoms with Gasteiger partial charge >= 0.3 is 0 Å². The van der Waals surface area contributed by atoms with E-state index in [0.717, 1.165) is 45.8 Å². The number of hydrogen-bond acceptors (Lipinski definition) is 4. The molecule has 116 valence electrons. The van der Waals surface area contributed by atoms with Crippen LogP contribution in [0.5, 0.6) is 0 Å². The lowest BCUT2D eigenvalue weighted by atomic mass is 10.0. The summed E-state index contributed by atoms with van der Waals surface area (Å²) >= 11 is 0. The third-order valence-corrected chi connectivity index (χ3v) is 4.56. The zero-order valence-corrected chi connectivity index (χ0v) is 12.7. The summed E-state index contributed by atoms with van der Waals surface area (Å²) < 4.78 is 5.14. The first kappa shape index (κ1) is 15.7. The number of nitrogens with zero attached hydrogens (tertiary/aromatic N) is 1. The number of amides is 1. The van der Waals surface area contributed by atoms with Gasteiger partial charge in [-0.05, 0) is 51.2 Å². The van der Waals surface area contributed by atoms with Crippen LogP contribution in [0.15, 0.2) is 0 Å². The lowest BCUT2D eigenvalue weighted by Gasteiger charge is -2.24. The molecular formula is C15H29N3O2. The number of rotatable bonds is 8. The Kier molecular flexibility index (Phi) is 6.76. The van der Waals surface area contributed by atoms with Crippen molar-refractivity contribution in [1.82, 2.24) is 15.5 Å². The number of methoxy groups -OCH3 is 1. The van der Waals surface area contributed by atoms with Crippen molar-refractivity contribution < 1.29 is 9.53 Å². The van der Waals surface area contributed by atoms with Crippen molar-refractivity contribution in [3.05, 3.63) is 0 Å². The zero-order chi connectivity index (χ0) is 14.2. The van der Waals surface area contributed by atoms with Crippen LogP contribution in [0.2, 0.25) is 0 Å². The summed E-state index contributed by atoms with van der Waals surface area (Å²) in [4.78, 5) is 14.3. The van der Waals surface area contributed by atoms with E-state index >= 15 is 0 Å². The Morgan fingerprint density at radius 1 is 1.45 bits per heavy atom. The van der Waals surface area contributed by atoms with Gasteiger partial charge in [0.25, 0.3) is 0 Å². The number of nitrogens with one attached hydrogen (secondary N) is 2. The van der Waals surface area contributed by atoms with Gasteiger partial charge in [0.1, 0.15) is 0 Å². The fourth-order valence-electron chi connectivity index (χ4n) is 3.25. The van der Waals surface area contributed by atoms with Crippen molar-refractivity contribution in [3.63, 3.8) is 0 Å². The molecule has 20 heavy (non-hydrogen) atoms. The standard InChI is InChI=1S/C15H29N3O2/c1-20-10-9-18-8-2-3-14(18)12-17-15(19)5-4-13-6-7-16-11-13/h13-14,16H,2-12H2,1H3,(H,17,19). The van der Waals surface area contributed by atoms with E-state index in [0.29, 0.717) is 18.4 Å². The first-order valence-electron chi connectivity index (χ1n) is 8.00. The van der Waals surface area contributed by atoms with Crippen molar-refractivity contribution in [2.45, 2.75) is 38.1 Å². The third-order valence-electron chi connectivity index (χ3n) is 4.56. The SMILES string of the molecule is COCCN1CCCC1CNC(=O)CCC1CCNC1. The summed E-state index contributed by atoms with van der Waals surface area (Å²) in [5, 5.41) is 6.46. The second-order valence-corrected chi connectivity index (χ2v) is 6.03. The molecule has 2 aliphatic rings. The summed E-state index contributed by atoms with van der Waals surface area (Å²) in [6, 6.07) is 0.502. The number of ether oxygens (including phenoxy) is 1. The Labute approximate surface area is 122 Å². The molecule has 5 heteroatoms. The number of carbonyl (C=O) groups excluding carboxylic acids is 1. The van der Waals surface area contributed by atoms with Gasteiger partial charge in [-0.15, -0.1) is 0 Å². The van der Waals surface area contributed by atoms with Crippen LogP contribution in [0.25, 0.3) is 0 Å². The first-order valence-corrected chi connectivity index (χ1v) is 8.00. The van der Waals surface area contributed by atoms with E-state index in [1.54, 1.807) is 7.11 Å². The molecule has 2 fully saturated rings. The van der Waals surface area contributed by atoms with Gasteiger partial charge in [0.05, 0.1) is 6.61 Å². The minimum absolute atomic E-state index is 0.218. The van der Waals surface area contributed by atoms with Gasteiger partial charge in [-0.25, -0.2) is 0 Å². The highest BCUT2D eigenvalue weighted by molar-refractivity contribution is 5.75. The largest absolute Gasteiger partial charge is 0.383 e. The summed E-state index contributed by atoms with van der Waals surface area (Å²) in [5.41, 5.74) is 0. The predicted octanol–water partition coefficient (Wildman–Crippen LogP) is 0.603. The van der Waals surface area contributed by atoms with Gasteiger partial charge in [-0.2, -0.15) is 0 Å². The van der Waals surface area contributed by atoms with Crippen LogP contribution in [0.4, 0.5) is 0 Å². The van der Waals surface area contributed by atoms with Crippen LogP contribution in [-0.2, 0) is 9.53 Å². The third kappa shape index (κ3) is 5.04. The first-order chi connectivity index (χ1) is 9.79. The molecule has 5 nitrogen and oxygen atoms in total. The highest BCUT2D eigenvalue weighted by Crippen LogP contribution is 2.16. The molecule has 2 N–H and O–H groups in total. The van der Waals surface area contributed by atoms with Gasteiger partial charge in [-0.3, -0.25) is 9.69 Å². The van der Waals surface area contributed by atoms with E-state index < -0.39 is 0 Å². The quantitative estimate of drug-likeness (QED) is 0.685. The molecule has 0 aliphatic carbocycles. The van der Waals surface area contributed by atoms with Crippen LogP contribution < -0.4 is 10.6 Å². The molecule has 2 aliphatic heterocycles. The monoisotopic (exact) mass is 283 g/mol. The molecule has 0 aromatic carbocycles. The van der Waals surface area contributed by atoms with Gasteiger partial charge < -0.3 is 15.4 Å². The zero-order valence-electron chi connectivity index (χ0n) is 12.7. The molecule has 0 spiro atoms. The van der Waals surface area contributed by atoms with Crippen LogP contribution in [0.3, 0.4) is 0 Å². The molecule has 2 atom stereocenters. The molecule has 1 amide bonds. The van der Waals surface area contributed by atoms with Crippen molar-refractivity contribution in [3.8, 4) is 0 Å². The molecule has 0 aromatic rings. The van der Waals surface area contributed by atoms with Crippen LogP contribution in [-0.4, -0.2) is 63.3 Å². The van der Waals surface area contributed by atoms with Crippen LogP contribution in [0, 0.1) is 5.92 Å². The van der Waals surface area contributed by atoms with Crippen molar-refractivity contribution in [2.24, 2.45) is 5.92 Å². The molecule has 2 saturated heterocycles. The highest BCUT2D eigenvalue weighted by atomic mass is 16.5. The summed E-state index contributed by atoms with van der Waals surface area (Å²) in [5.74, 6) is 0.918. The number of carbonyl (C=O) groups is 1. The average molecular weight is 283 g/mol. The van der Waals surface area contributed by atoms with E-state index in [1.807, 2.05) is 0 Å². The van der Waals surface area contributed by atoms with E-state index in [1.165, 1.54) is 19.3 Å². The van der Waals surface area contributed by atoms with E-state index in [4.69, 9.17) is 4.74 Å². The smallest absolute Gasteiger partial charge is 0.220 e. The minimum Gasteiger partial charge on any atom is -0.383 e. The van der Waals surface area contributed by atoms with Crippen molar-refractivity contribution in [2.75, 3.05) is 46.4 Å². The lowest BCUT2D eigenvalue weighted by Crippen LogP contribution is -2.41. The molecule has 0 saturated carbocycles. The summed E-state index contributed by atoms with van der Waals surface area (Å²) in [6.45, 7) is 5.89. The van der Waals surface area contributed by atoms with Gasteiger partial charge in [-0.1, -0.05) is 0 Å². The van der Waals surface area contributed by atoms with Gasteiger partial charge in [0, 0.05) is 32.7 Å². The molecule has 2 rings (SSSR count). The minimum atomic E-state index is 0.218. The maximum absolute atomic E-state index is 11.9. The van der Waals surface area contributed by atoms with Gasteiger partial charge in [0.15, 0.2) is 0 Å². The highest BCUT2D eigenvalue weighted by Gasteiger charge is 2.24. The Bertz CT molecular complexity index is 293. The fourth-order valence-corrected chi connectivity index (χ4v) is 3.25. The molecule has 2 unspecified atom stereocenters. The normalized spacial score (nSPS) is 27.1. The Morgan fingerprint density at radius 2 is 2.35 bits per heavy atom. The van der Waals surface area contributed by atoms with Crippen LogP contribution >= 0.6 is 0 Å². The van der Waals surface area contributed by atoms with E-state index in [9.17, 15) is 4.79 Å². The molecule has 0 bridgehead atoms. The second-order valence-electron chi connectivity index (χ2n) is 6.03. The molecule has 0 radical (unpaired) electrons. The Hall–Kier alpha value is -0.650. The Morgan fingerprint density at radius 3 is 3.10 bits per heavy atom. The van der Waals surface area contributed by atoms with Crippen molar-refractivity contribution >= 4 is 5.91 Å². The predicted molar refractivity (Wildman–Crippen MR) is 79.7 cm³/mol. The maximum atomic E-state index is 11.9. The second kappa shape index (κ2) is 8.60. The number of likely N-dealkylation sites (tertiary alicyclic amines) is 1. The summed E-state index contributed by atoms with van der Waals surface area (Å²) in [6.07, 6.45) is 5.35. The van der Waals surface area contributed by atoms with E-state index in [2.05, 4.69) is 15.5 Å². The molecular weight excluding hydrogens is 254 g/mol. The fraction of sp³-hybridized carbons (Fsp3) is 0.933. The van der Waals surface area contributed by atoms with Gasteiger partial charge in [0.2, 0.25) is 5.91 Å². The lowest BCUT2D eigenvalue weighted by molar-refractivity contribution is -0.121. The van der Waals surface area contributed by atoms with E-state index in [-0.39, 0.29) is 5.91 Å². The number of hydrogen-bond donors (Lipinski definition) is 2. The molecule has 0 aromatic heterocycles. The molecule has 2 heterocycles. The van der Waals surface area contributed by atoms with Crippen LogP contribution in [0.1, 0.15) is 32.1 Å². The maximum Gasteiger partial charge on any atom is 0.220 e. The summed E-state index contributed by atoms with van der Waals surface area (Å²) in [7, 11) is 1.74. The topological polar surface area (TPSA) is 53.6 Å².